The lowest BCUT2D eigenvalue weighted by Gasteiger charge is -2.23. The van der Waals surface area contributed by atoms with E-state index in [0.29, 0.717) is 6.61 Å². The minimum absolute atomic E-state index is 0.223. The van der Waals surface area contributed by atoms with Crippen molar-refractivity contribution in [3.05, 3.63) is 28.2 Å². The monoisotopic (exact) mass is 343 g/mol. The quantitative estimate of drug-likeness (QED) is 0.666. The van der Waals surface area contributed by atoms with Crippen LogP contribution in [0.4, 0.5) is 5.69 Å². The lowest BCUT2D eigenvalue weighted by atomic mass is 10.2. The first-order valence-corrected chi connectivity index (χ1v) is 7.39. The summed E-state index contributed by atoms with van der Waals surface area (Å²) in [6.45, 7) is 5.24. The highest BCUT2D eigenvalue weighted by Gasteiger charge is 2.11. The van der Waals surface area contributed by atoms with Crippen molar-refractivity contribution in [1.29, 1.82) is 0 Å². The van der Waals surface area contributed by atoms with Crippen molar-refractivity contribution in [2.75, 3.05) is 38.3 Å². The number of primary amides is 1. The standard InChI is InChI=1S/C14H22BrN3O2/c1-3-18(10-14(16)19)13-5-4-11(8-12(13)15)9-17-6-7-20-2/h4-5,8,17H,3,6-7,9-10H2,1-2H3,(H2,16,19). The third kappa shape index (κ3) is 5.48. The number of rotatable bonds is 9. The molecule has 0 unspecified atom stereocenters. The number of amides is 1. The molecule has 0 saturated carbocycles. The van der Waals surface area contributed by atoms with Gasteiger partial charge in [0.25, 0.3) is 0 Å². The molecule has 1 aromatic carbocycles. The topological polar surface area (TPSA) is 67.6 Å². The maximum absolute atomic E-state index is 11.1. The number of benzene rings is 1. The Hall–Kier alpha value is -1.11. The van der Waals surface area contributed by atoms with Crippen LogP contribution < -0.4 is 16.0 Å². The van der Waals surface area contributed by atoms with Crippen LogP contribution in [0.3, 0.4) is 0 Å². The van der Waals surface area contributed by atoms with Gasteiger partial charge in [-0.3, -0.25) is 4.79 Å². The number of nitrogens with two attached hydrogens (primary N) is 1. The largest absolute Gasteiger partial charge is 0.383 e. The van der Waals surface area contributed by atoms with Crippen molar-refractivity contribution in [2.45, 2.75) is 13.5 Å². The van der Waals surface area contributed by atoms with Crippen LogP contribution in [0.5, 0.6) is 0 Å². The van der Waals surface area contributed by atoms with Crippen molar-refractivity contribution < 1.29 is 9.53 Å². The Labute approximate surface area is 128 Å². The number of halogens is 1. The third-order valence-corrected chi connectivity index (χ3v) is 3.53. The molecule has 0 bridgehead atoms. The molecule has 0 spiro atoms. The van der Waals surface area contributed by atoms with Crippen LogP contribution in [0.25, 0.3) is 0 Å². The minimum Gasteiger partial charge on any atom is -0.383 e. The first-order chi connectivity index (χ1) is 9.58. The highest BCUT2D eigenvalue weighted by atomic mass is 79.9. The average Bonchev–Trinajstić information content (AvgIpc) is 2.41. The van der Waals surface area contributed by atoms with Gasteiger partial charge in [-0.2, -0.15) is 0 Å². The summed E-state index contributed by atoms with van der Waals surface area (Å²) in [5.41, 5.74) is 7.41. The van der Waals surface area contributed by atoms with Crippen LogP contribution >= 0.6 is 15.9 Å². The molecule has 0 aliphatic heterocycles. The summed E-state index contributed by atoms with van der Waals surface area (Å²) in [7, 11) is 1.69. The summed E-state index contributed by atoms with van der Waals surface area (Å²) in [5.74, 6) is -0.330. The number of carbonyl (C=O) groups is 1. The van der Waals surface area contributed by atoms with Crippen molar-refractivity contribution >= 4 is 27.5 Å². The van der Waals surface area contributed by atoms with Gasteiger partial charge < -0.3 is 20.7 Å². The van der Waals surface area contributed by atoms with E-state index in [9.17, 15) is 4.79 Å². The second kappa shape index (κ2) is 8.94. The number of nitrogens with one attached hydrogen (secondary N) is 1. The molecule has 6 heteroatoms. The van der Waals surface area contributed by atoms with Gasteiger partial charge in [0.2, 0.25) is 5.91 Å². The molecule has 0 aliphatic carbocycles. The van der Waals surface area contributed by atoms with E-state index in [2.05, 4.69) is 27.3 Å². The second-order valence-electron chi connectivity index (χ2n) is 4.44. The number of likely N-dealkylation sites (N-methyl/N-ethyl adjacent to an activating group) is 1. The molecule has 0 saturated heterocycles. The molecular formula is C14H22BrN3O2. The van der Waals surface area contributed by atoms with Gasteiger partial charge in [-0.25, -0.2) is 0 Å². The first kappa shape index (κ1) is 16.9. The predicted octanol–water partition coefficient (Wildman–Crippen LogP) is 1.50. The van der Waals surface area contributed by atoms with Crippen LogP contribution in [0.15, 0.2) is 22.7 Å². The van der Waals surface area contributed by atoms with E-state index in [4.69, 9.17) is 10.5 Å². The van der Waals surface area contributed by atoms with E-state index in [1.165, 1.54) is 5.56 Å². The summed E-state index contributed by atoms with van der Waals surface area (Å²) in [6.07, 6.45) is 0. The van der Waals surface area contributed by atoms with Crippen molar-refractivity contribution in [3.63, 3.8) is 0 Å². The Bertz CT molecular complexity index is 440. The van der Waals surface area contributed by atoms with Crippen molar-refractivity contribution in [2.24, 2.45) is 5.73 Å². The van der Waals surface area contributed by atoms with E-state index in [1.807, 2.05) is 24.0 Å². The first-order valence-electron chi connectivity index (χ1n) is 6.59. The maximum atomic E-state index is 11.1. The number of anilines is 1. The molecular weight excluding hydrogens is 322 g/mol. The van der Waals surface area contributed by atoms with Gasteiger partial charge in [-0.1, -0.05) is 6.07 Å². The molecule has 0 heterocycles. The molecule has 5 nitrogen and oxygen atoms in total. The highest BCUT2D eigenvalue weighted by Crippen LogP contribution is 2.27. The zero-order valence-corrected chi connectivity index (χ0v) is 13.6. The number of hydrogen-bond acceptors (Lipinski definition) is 4. The number of nitrogens with zero attached hydrogens (tertiary/aromatic N) is 1. The summed E-state index contributed by atoms with van der Waals surface area (Å²) < 4.78 is 5.95. The van der Waals surface area contributed by atoms with E-state index in [-0.39, 0.29) is 12.5 Å². The van der Waals surface area contributed by atoms with Gasteiger partial charge in [0, 0.05) is 31.2 Å². The Balaban J connectivity index is 2.68. The minimum atomic E-state index is -0.330. The van der Waals surface area contributed by atoms with Gasteiger partial charge in [0.05, 0.1) is 18.8 Å². The molecule has 20 heavy (non-hydrogen) atoms. The molecule has 0 aliphatic rings. The number of carbonyl (C=O) groups excluding carboxylic acids is 1. The highest BCUT2D eigenvalue weighted by molar-refractivity contribution is 9.10. The average molecular weight is 344 g/mol. The van der Waals surface area contributed by atoms with Crippen molar-refractivity contribution in [3.8, 4) is 0 Å². The summed E-state index contributed by atoms with van der Waals surface area (Å²) in [5, 5.41) is 3.29. The normalized spacial score (nSPS) is 10.6. The summed E-state index contributed by atoms with van der Waals surface area (Å²) in [6, 6.07) is 6.10. The Morgan fingerprint density at radius 1 is 1.50 bits per heavy atom. The van der Waals surface area contributed by atoms with E-state index < -0.39 is 0 Å². The zero-order chi connectivity index (χ0) is 15.0. The molecule has 0 aromatic heterocycles. The predicted molar refractivity (Wildman–Crippen MR) is 84.8 cm³/mol. The zero-order valence-electron chi connectivity index (χ0n) is 12.0. The molecule has 3 N–H and O–H groups in total. The Morgan fingerprint density at radius 2 is 2.25 bits per heavy atom. The number of hydrogen-bond donors (Lipinski definition) is 2. The molecule has 1 rings (SSSR count). The molecule has 112 valence electrons. The van der Waals surface area contributed by atoms with Gasteiger partial charge in [-0.05, 0) is 40.5 Å². The van der Waals surface area contributed by atoms with Gasteiger partial charge in [0.15, 0.2) is 0 Å². The molecule has 1 amide bonds. The smallest absolute Gasteiger partial charge is 0.236 e. The fourth-order valence-electron chi connectivity index (χ4n) is 1.88. The van der Waals surface area contributed by atoms with Crippen molar-refractivity contribution in [1.82, 2.24) is 5.32 Å². The van der Waals surface area contributed by atoms with Crippen LogP contribution in [-0.4, -0.2) is 39.3 Å². The molecule has 0 atom stereocenters. The lowest BCUT2D eigenvalue weighted by Crippen LogP contribution is -2.33. The SMILES string of the molecule is CCN(CC(N)=O)c1ccc(CNCCOC)cc1Br. The van der Waals surface area contributed by atoms with E-state index in [0.717, 1.165) is 29.8 Å². The summed E-state index contributed by atoms with van der Waals surface area (Å²) >= 11 is 3.55. The second-order valence-corrected chi connectivity index (χ2v) is 5.29. The van der Waals surface area contributed by atoms with Gasteiger partial charge >= 0.3 is 0 Å². The third-order valence-electron chi connectivity index (χ3n) is 2.89. The molecule has 0 radical (unpaired) electrons. The fraction of sp³-hybridized carbons (Fsp3) is 0.500. The number of ether oxygens (including phenoxy) is 1. The fourth-order valence-corrected chi connectivity index (χ4v) is 2.56. The summed E-state index contributed by atoms with van der Waals surface area (Å²) in [4.78, 5) is 13.0. The van der Waals surface area contributed by atoms with Gasteiger partial charge in [-0.15, -0.1) is 0 Å². The lowest BCUT2D eigenvalue weighted by molar-refractivity contribution is -0.116. The number of methoxy groups -OCH3 is 1. The molecule has 0 fully saturated rings. The van der Waals surface area contributed by atoms with Crippen LogP contribution in [0.2, 0.25) is 0 Å². The van der Waals surface area contributed by atoms with E-state index in [1.54, 1.807) is 7.11 Å². The Kier molecular flexibility index (Phi) is 7.58. The van der Waals surface area contributed by atoms with Crippen LogP contribution in [0.1, 0.15) is 12.5 Å². The van der Waals surface area contributed by atoms with Crippen LogP contribution in [-0.2, 0) is 16.1 Å². The molecule has 1 aromatic rings. The maximum Gasteiger partial charge on any atom is 0.236 e. The Morgan fingerprint density at radius 3 is 2.80 bits per heavy atom. The van der Waals surface area contributed by atoms with Crippen LogP contribution in [0, 0.1) is 0 Å². The van der Waals surface area contributed by atoms with Gasteiger partial charge in [0.1, 0.15) is 0 Å². The van der Waals surface area contributed by atoms with E-state index >= 15 is 0 Å².